The molecule has 5 rings (SSSR count). The highest BCUT2D eigenvalue weighted by Gasteiger charge is 2.38. The topological polar surface area (TPSA) is 88.4 Å². The SMILES string of the molecule is COC(=O)c1ccc2[nH]cc(C3CCN(c4ccc5nnc(C(F)(F)F)n5n4)CC3)c2c1. The third-order valence-electron chi connectivity index (χ3n) is 5.90. The number of hydrogen-bond acceptors (Lipinski definition) is 6. The maximum atomic E-state index is 13.2. The third kappa shape index (κ3) is 3.43. The average molecular weight is 444 g/mol. The van der Waals surface area contributed by atoms with Gasteiger partial charge in [-0.1, -0.05) is 0 Å². The first kappa shape index (κ1) is 20.3. The van der Waals surface area contributed by atoms with Crippen molar-refractivity contribution in [3.63, 3.8) is 0 Å². The van der Waals surface area contributed by atoms with Gasteiger partial charge >= 0.3 is 12.1 Å². The van der Waals surface area contributed by atoms with Gasteiger partial charge in [-0.2, -0.15) is 17.7 Å². The standard InChI is InChI=1S/C21H19F3N6O2/c1-32-19(31)13-2-3-16-14(10-13)15(11-25-16)12-6-8-29(9-7-12)18-5-4-17-26-27-20(21(22,23)24)30(17)28-18/h2-5,10-12,25H,6-9H2,1H3. The third-order valence-corrected chi connectivity index (χ3v) is 5.90. The number of carbonyl (C=O) groups excluding carboxylic acids is 1. The number of nitrogens with one attached hydrogen (secondary N) is 1. The zero-order valence-corrected chi connectivity index (χ0v) is 17.1. The normalized spacial score (nSPS) is 15.6. The quantitative estimate of drug-likeness (QED) is 0.484. The van der Waals surface area contributed by atoms with E-state index in [4.69, 9.17) is 4.74 Å². The van der Waals surface area contributed by atoms with Gasteiger partial charge in [0, 0.05) is 30.2 Å². The van der Waals surface area contributed by atoms with Crippen LogP contribution in [0.1, 0.15) is 40.5 Å². The highest BCUT2D eigenvalue weighted by Crippen LogP contribution is 2.35. The Hall–Kier alpha value is -3.63. The number of halogens is 3. The van der Waals surface area contributed by atoms with Crippen LogP contribution in [0, 0.1) is 0 Å². The first-order chi connectivity index (χ1) is 15.3. The van der Waals surface area contributed by atoms with Gasteiger partial charge in [0.2, 0.25) is 0 Å². The molecule has 0 saturated carbocycles. The van der Waals surface area contributed by atoms with Gasteiger partial charge in [0.25, 0.3) is 5.82 Å². The smallest absolute Gasteiger partial charge is 0.453 e. The number of nitrogens with zero attached hydrogens (tertiary/aromatic N) is 5. The number of aromatic amines is 1. The number of H-pyrrole nitrogens is 1. The van der Waals surface area contributed by atoms with E-state index in [1.54, 1.807) is 12.1 Å². The Morgan fingerprint density at radius 3 is 2.66 bits per heavy atom. The Kier molecular flexibility index (Phi) is 4.75. The number of carbonyl (C=O) groups is 1. The maximum absolute atomic E-state index is 13.2. The molecule has 32 heavy (non-hydrogen) atoms. The summed E-state index contributed by atoms with van der Waals surface area (Å²) < 4.78 is 45.0. The van der Waals surface area contributed by atoms with E-state index in [-0.39, 0.29) is 17.5 Å². The van der Waals surface area contributed by atoms with Crippen molar-refractivity contribution in [1.82, 2.24) is 24.8 Å². The Morgan fingerprint density at radius 1 is 1.16 bits per heavy atom. The molecule has 4 aromatic rings. The Bertz CT molecular complexity index is 1300. The molecule has 3 aromatic heterocycles. The second-order valence-corrected chi connectivity index (χ2v) is 7.74. The van der Waals surface area contributed by atoms with E-state index in [0.29, 0.717) is 24.5 Å². The van der Waals surface area contributed by atoms with Crippen molar-refractivity contribution >= 4 is 28.3 Å². The molecule has 0 atom stereocenters. The fourth-order valence-corrected chi connectivity index (χ4v) is 4.27. The van der Waals surface area contributed by atoms with Crippen LogP contribution in [0.2, 0.25) is 0 Å². The van der Waals surface area contributed by atoms with Crippen LogP contribution in [0.4, 0.5) is 19.0 Å². The van der Waals surface area contributed by atoms with Crippen LogP contribution >= 0.6 is 0 Å². The molecule has 1 saturated heterocycles. The van der Waals surface area contributed by atoms with E-state index in [2.05, 4.69) is 20.3 Å². The number of benzene rings is 1. The summed E-state index contributed by atoms with van der Waals surface area (Å²) in [4.78, 5) is 17.1. The molecule has 0 amide bonds. The minimum Gasteiger partial charge on any atom is -0.465 e. The maximum Gasteiger partial charge on any atom is 0.453 e. The lowest BCUT2D eigenvalue weighted by atomic mass is 9.89. The summed E-state index contributed by atoms with van der Waals surface area (Å²) in [7, 11) is 1.35. The molecular weight excluding hydrogens is 425 g/mol. The average Bonchev–Trinajstić information content (AvgIpc) is 3.42. The van der Waals surface area contributed by atoms with E-state index in [9.17, 15) is 18.0 Å². The number of methoxy groups -OCH3 is 1. The molecule has 4 heterocycles. The van der Waals surface area contributed by atoms with Gasteiger partial charge in [0.05, 0.1) is 12.7 Å². The van der Waals surface area contributed by atoms with E-state index in [1.807, 2.05) is 23.2 Å². The zero-order valence-electron chi connectivity index (χ0n) is 17.1. The van der Waals surface area contributed by atoms with Gasteiger partial charge in [-0.25, -0.2) is 4.79 Å². The van der Waals surface area contributed by atoms with Gasteiger partial charge in [-0.3, -0.25) is 0 Å². The molecule has 11 heteroatoms. The number of hydrogen-bond donors (Lipinski definition) is 1. The highest BCUT2D eigenvalue weighted by atomic mass is 19.4. The highest BCUT2D eigenvalue weighted by molar-refractivity contribution is 5.95. The van der Waals surface area contributed by atoms with Crippen molar-refractivity contribution in [1.29, 1.82) is 0 Å². The first-order valence-corrected chi connectivity index (χ1v) is 10.1. The molecule has 0 bridgehead atoms. The lowest BCUT2D eigenvalue weighted by Gasteiger charge is -2.32. The molecule has 0 aliphatic carbocycles. The summed E-state index contributed by atoms with van der Waals surface area (Å²) in [5, 5.41) is 11.9. The van der Waals surface area contributed by atoms with Crippen molar-refractivity contribution in [2.45, 2.75) is 24.9 Å². The molecule has 8 nitrogen and oxygen atoms in total. The number of anilines is 1. The van der Waals surface area contributed by atoms with E-state index >= 15 is 0 Å². The van der Waals surface area contributed by atoms with E-state index < -0.39 is 12.0 Å². The largest absolute Gasteiger partial charge is 0.465 e. The monoisotopic (exact) mass is 444 g/mol. The number of esters is 1. The minimum atomic E-state index is -4.63. The predicted octanol–water partition coefficient (Wildman–Crippen LogP) is 3.80. The fourth-order valence-electron chi connectivity index (χ4n) is 4.27. The van der Waals surface area contributed by atoms with Gasteiger partial charge in [-0.05, 0) is 54.7 Å². The second kappa shape index (κ2) is 7.50. The van der Waals surface area contributed by atoms with E-state index in [1.165, 1.54) is 13.2 Å². The van der Waals surface area contributed by atoms with Crippen LogP contribution in [0.15, 0.2) is 36.5 Å². The van der Waals surface area contributed by atoms with Gasteiger partial charge in [-0.15, -0.1) is 15.3 Å². The van der Waals surface area contributed by atoms with Crippen LogP contribution in [0.5, 0.6) is 0 Å². The molecule has 0 unspecified atom stereocenters. The minimum absolute atomic E-state index is 0.0520. The second-order valence-electron chi connectivity index (χ2n) is 7.74. The number of piperidine rings is 1. The Morgan fingerprint density at radius 2 is 1.94 bits per heavy atom. The molecule has 0 spiro atoms. The van der Waals surface area contributed by atoms with Crippen LogP contribution in [0.25, 0.3) is 16.6 Å². The van der Waals surface area contributed by atoms with Crippen LogP contribution in [-0.2, 0) is 10.9 Å². The molecule has 1 aliphatic heterocycles. The van der Waals surface area contributed by atoms with Crippen molar-refractivity contribution in [2.24, 2.45) is 0 Å². The number of rotatable bonds is 3. The molecule has 166 valence electrons. The molecule has 1 aromatic carbocycles. The molecule has 1 fully saturated rings. The molecular formula is C21H19F3N6O2. The first-order valence-electron chi connectivity index (χ1n) is 10.1. The summed E-state index contributed by atoms with van der Waals surface area (Å²) >= 11 is 0. The summed E-state index contributed by atoms with van der Waals surface area (Å²) in [5.41, 5.74) is 2.60. The number of ether oxygens (including phenoxy) is 1. The number of aromatic nitrogens is 5. The van der Waals surface area contributed by atoms with Crippen LogP contribution in [0.3, 0.4) is 0 Å². The number of alkyl halides is 3. The lowest BCUT2D eigenvalue weighted by Crippen LogP contribution is -2.33. The van der Waals surface area contributed by atoms with Crippen molar-refractivity contribution in [2.75, 3.05) is 25.1 Å². The molecule has 1 aliphatic rings. The van der Waals surface area contributed by atoms with Gasteiger partial charge in [0.15, 0.2) is 5.65 Å². The molecule has 1 N–H and O–H groups in total. The summed E-state index contributed by atoms with van der Waals surface area (Å²) in [6.07, 6.45) is -1.08. The zero-order chi connectivity index (χ0) is 22.5. The molecule has 0 radical (unpaired) electrons. The fraction of sp³-hybridized carbons (Fsp3) is 0.333. The Labute approximate surface area is 180 Å². The van der Waals surface area contributed by atoms with Crippen molar-refractivity contribution < 1.29 is 22.7 Å². The van der Waals surface area contributed by atoms with Gasteiger partial charge in [0.1, 0.15) is 5.82 Å². The predicted molar refractivity (Wildman–Crippen MR) is 110 cm³/mol. The Balaban J connectivity index is 1.37. The number of fused-ring (bicyclic) bond motifs is 2. The van der Waals surface area contributed by atoms with Crippen LogP contribution < -0.4 is 4.90 Å². The summed E-state index contributed by atoms with van der Waals surface area (Å²) in [6.45, 7) is 1.27. The van der Waals surface area contributed by atoms with Crippen molar-refractivity contribution in [3.05, 3.63) is 53.5 Å². The van der Waals surface area contributed by atoms with Gasteiger partial charge < -0.3 is 14.6 Å². The summed E-state index contributed by atoms with van der Waals surface area (Å²) in [6, 6.07) is 8.57. The van der Waals surface area contributed by atoms with Crippen molar-refractivity contribution in [3.8, 4) is 0 Å². The summed E-state index contributed by atoms with van der Waals surface area (Å²) in [5.74, 6) is -0.822. The van der Waals surface area contributed by atoms with E-state index in [0.717, 1.165) is 33.8 Å². The van der Waals surface area contributed by atoms with Crippen LogP contribution in [-0.4, -0.2) is 51.0 Å². The lowest BCUT2D eigenvalue weighted by molar-refractivity contribution is -0.146.